The van der Waals surface area contributed by atoms with Crippen LogP contribution in [0.25, 0.3) is 0 Å². The van der Waals surface area contributed by atoms with Crippen LogP contribution in [0.4, 0.5) is 0 Å². The van der Waals surface area contributed by atoms with E-state index in [1.54, 1.807) is 0 Å². The average Bonchev–Trinajstić information content (AvgIpc) is 2.56. The van der Waals surface area contributed by atoms with Crippen molar-refractivity contribution in [3.05, 3.63) is 20.8 Å². The highest BCUT2D eigenvalue weighted by Crippen LogP contribution is 2.37. The lowest BCUT2D eigenvalue weighted by Gasteiger charge is -2.29. The fraction of sp³-hybridized carbons (Fsp3) is 0.667. The van der Waals surface area contributed by atoms with Gasteiger partial charge in [0.2, 0.25) is 0 Å². The highest BCUT2D eigenvalue weighted by molar-refractivity contribution is 9.11. The van der Waals surface area contributed by atoms with Crippen molar-refractivity contribution in [3.63, 3.8) is 0 Å². The second-order valence-corrected chi connectivity index (χ2v) is 6.78. The van der Waals surface area contributed by atoms with Gasteiger partial charge < -0.3 is 5.32 Å². The number of hydrogen-bond acceptors (Lipinski definition) is 2. The molecule has 1 aromatic rings. The number of thiophene rings is 1. The van der Waals surface area contributed by atoms with Crippen molar-refractivity contribution >= 4 is 27.3 Å². The Labute approximate surface area is 104 Å². The Hall–Kier alpha value is 0.140. The van der Waals surface area contributed by atoms with Crippen LogP contribution in [0.5, 0.6) is 0 Å². The van der Waals surface area contributed by atoms with Crippen molar-refractivity contribution in [2.75, 3.05) is 6.54 Å². The van der Waals surface area contributed by atoms with Crippen molar-refractivity contribution in [3.8, 4) is 0 Å². The molecule has 1 saturated carbocycles. The first kappa shape index (κ1) is 11.6. The maximum absolute atomic E-state index is 3.60. The van der Waals surface area contributed by atoms with Crippen molar-refractivity contribution in [2.45, 2.75) is 38.6 Å². The summed E-state index contributed by atoms with van der Waals surface area (Å²) in [6, 6.07) is 4.99. The van der Waals surface area contributed by atoms with Gasteiger partial charge in [0.15, 0.2) is 0 Å². The Morgan fingerprint density at radius 3 is 2.80 bits per heavy atom. The van der Waals surface area contributed by atoms with E-state index in [0.717, 1.165) is 12.5 Å². The Morgan fingerprint density at radius 1 is 1.53 bits per heavy atom. The summed E-state index contributed by atoms with van der Waals surface area (Å²) in [5, 5.41) is 3.60. The first-order valence-corrected chi connectivity index (χ1v) is 7.39. The van der Waals surface area contributed by atoms with Gasteiger partial charge in [-0.05, 0) is 46.9 Å². The summed E-state index contributed by atoms with van der Waals surface area (Å²) in [4.78, 5) is 1.48. The van der Waals surface area contributed by atoms with Crippen LogP contribution >= 0.6 is 27.3 Å². The van der Waals surface area contributed by atoms with E-state index in [9.17, 15) is 0 Å². The van der Waals surface area contributed by atoms with E-state index in [0.29, 0.717) is 6.04 Å². The van der Waals surface area contributed by atoms with Crippen molar-refractivity contribution in [2.24, 2.45) is 5.92 Å². The molecule has 0 aromatic carbocycles. The topological polar surface area (TPSA) is 12.0 Å². The summed E-state index contributed by atoms with van der Waals surface area (Å²) in [5.41, 5.74) is 0. The SMILES string of the molecule is CCNC(CC1CCC1)c1ccc(Br)s1. The molecule has 2 rings (SSSR count). The Bertz CT molecular complexity index is 306. The molecule has 1 aliphatic rings. The third-order valence-corrected chi connectivity index (χ3v) is 4.92. The van der Waals surface area contributed by atoms with Gasteiger partial charge in [-0.2, -0.15) is 0 Å². The molecule has 1 fully saturated rings. The summed E-state index contributed by atoms with van der Waals surface area (Å²) in [6.45, 7) is 3.25. The fourth-order valence-corrected chi connectivity index (χ4v) is 3.64. The predicted molar refractivity (Wildman–Crippen MR) is 70.4 cm³/mol. The third kappa shape index (κ3) is 3.05. The Kier molecular flexibility index (Phi) is 4.23. The average molecular weight is 288 g/mol. The van der Waals surface area contributed by atoms with Crippen LogP contribution in [0.2, 0.25) is 0 Å². The lowest BCUT2D eigenvalue weighted by Crippen LogP contribution is -2.25. The zero-order valence-electron chi connectivity index (χ0n) is 9.13. The molecule has 1 aliphatic carbocycles. The van der Waals surface area contributed by atoms with Crippen molar-refractivity contribution < 1.29 is 0 Å². The molecule has 0 bridgehead atoms. The van der Waals surface area contributed by atoms with Gasteiger partial charge in [0.05, 0.1) is 3.79 Å². The minimum Gasteiger partial charge on any atom is -0.310 e. The van der Waals surface area contributed by atoms with Gasteiger partial charge in [-0.25, -0.2) is 0 Å². The molecule has 0 amide bonds. The van der Waals surface area contributed by atoms with Gasteiger partial charge in [-0.3, -0.25) is 0 Å². The lowest BCUT2D eigenvalue weighted by molar-refractivity contribution is 0.264. The number of hydrogen-bond donors (Lipinski definition) is 1. The van der Waals surface area contributed by atoms with Crippen LogP contribution in [0.15, 0.2) is 15.9 Å². The van der Waals surface area contributed by atoms with E-state index >= 15 is 0 Å². The quantitative estimate of drug-likeness (QED) is 0.849. The van der Waals surface area contributed by atoms with Gasteiger partial charge >= 0.3 is 0 Å². The minimum atomic E-state index is 0.580. The van der Waals surface area contributed by atoms with Crippen LogP contribution in [-0.2, 0) is 0 Å². The molecule has 84 valence electrons. The largest absolute Gasteiger partial charge is 0.310 e. The molecule has 1 nitrogen and oxygen atoms in total. The molecule has 0 spiro atoms. The predicted octanol–water partition coefficient (Wildman–Crippen LogP) is 4.35. The summed E-state index contributed by atoms with van der Waals surface area (Å²) in [6.07, 6.45) is 5.64. The third-order valence-electron chi connectivity index (χ3n) is 3.18. The molecule has 1 aromatic heterocycles. The van der Waals surface area contributed by atoms with E-state index in [2.05, 4.69) is 40.3 Å². The molecular formula is C12H18BrNS. The first-order chi connectivity index (χ1) is 7.29. The van der Waals surface area contributed by atoms with E-state index in [1.807, 2.05) is 11.3 Å². The summed E-state index contributed by atoms with van der Waals surface area (Å²) < 4.78 is 1.24. The molecule has 0 radical (unpaired) electrons. The van der Waals surface area contributed by atoms with Gasteiger partial charge in [-0.15, -0.1) is 11.3 Å². The van der Waals surface area contributed by atoms with E-state index < -0.39 is 0 Å². The van der Waals surface area contributed by atoms with Gasteiger partial charge in [0.25, 0.3) is 0 Å². The van der Waals surface area contributed by atoms with Crippen LogP contribution in [-0.4, -0.2) is 6.54 Å². The maximum atomic E-state index is 3.60. The minimum absolute atomic E-state index is 0.580. The molecule has 1 atom stereocenters. The highest BCUT2D eigenvalue weighted by Gasteiger charge is 2.23. The molecule has 1 unspecified atom stereocenters. The molecule has 15 heavy (non-hydrogen) atoms. The molecule has 0 aliphatic heterocycles. The van der Waals surface area contributed by atoms with E-state index in [-0.39, 0.29) is 0 Å². The van der Waals surface area contributed by atoms with Gasteiger partial charge in [0, 0.05) is 10.9 Å². The summed E-state index contributed by atoms with van der Waals surface area (Å²) in [5.74, 6) is 0.968. The number of rotatable bonds is 5. The molecule has 1 heterocycles. The smallest absolute Gasteiger partial charge is 0.0701 e. The Morgan fingerprint density at radius 2 is 2.33 bits per heavy atom. The van der Waals surface area contributed by atoms with Gasteiger partial charge in [-0.1, -0.05) is 26.2 Å². The van der Waals surface area contributed by atoms with Gasteiger partial charge in [0.1, 0.15) is 0 Å². The zero-order valence-corrected chi connectivity index (χ0v) is 11.5. The normalized spacial score (nSPS) is 18.8. The molecule has 1 N–H and O–H groups in total. The zero-order chi connectivity index (χ0) is 10.7. The summed E-state index contributed by atoms with van der Waals surface area (Å²) in [7, 11) is 0. The summed E-state index contributed by atoms with van der Waals surface area (Å²) >= 11 is 5.41. The van der Waals surface area contributed by atoms with Crippen LogP contribution in [0, 0.1) is 5.92 Å². The van der Waals surface area contributed by atoms with E-state index in [1.165, 1.54) is 34.3 Å². The molecular weight excluding hydrogens is 270 g/mol. The second-order valence-electron chi connectivity index (χ2n) is 4.28. The number of halogens is 1. The van der Waals surface area contributed by atoms with Crippen molar-refractivity contribution in [1.29, 1.82) is 0 Å². The van der Waals surface area contributed by atoms with Crippen LogP contribution in [0.3, 0.4) is 0 Å². The standard InChI is InChI=1S/C12H18BrNS/c1-2-14-10(8-9-4-3-5-9)11-6-7-12(13)15-11/h6-7,9-10,14H,2-5,8H2,1H3. The molecule has 0 saturated heterocycles. The Balaban J connectivity index is 1.97. The fourth-order valence-electron chi connectivity index (χ4n) is 2.12. The number of nitrogens with one attached hydrogen (secondary N) is 1. The second kappa shape index (κ2) is 5.46. The van der Waals surface area contributed by atoms with Crippen LogP contribution < -0.4 is 5.32 Å². The maximum Gasteiger partial charge on any atom is 0.0701 e. The van der Waals surface area contributed by atoms with E-state index in [4.69, 9.17) is 0 Å². The highest BCUT2D eigenvalue weighted by atomic mass is 79.9. The van der Waals surface area contributed by atoms with Crippen LogP contribution in [0.1, 0.15) is 43.5 Å². The lowest BCUT2D eigenvalue weighted by atomic mass is 9.80. The molecule has 3 heteroatoms. The monoisotopic (exact) mass is 287 g/mol. The first-order valence-electron chi connectivity index (χ1n) is 5.78. The van der Waals surface area contributed by atoms with Crippen molar-refractivity contribution in [1.82, 2.24) is 5.32 Å².